The maximum absolute atomic E-state index is 12.9. The van der Waals surface area contributed by atoms with Gasteiger partial charge in [-0.1, -0.05) is 6.07 Å². The van der Waals surface area contributed by atoms with Gasteiger partial charge in [-0.05, 0) is 24.4 Å². The van der Waals surface area contributed by atoms with Gasteiger partial charge in [0, 0.05) is 4.88 Å². The van der Waals surface area contributed by atoms with Gasteiger partial charge in [-0.3, -0.25) is 0 Å². The van der Waals surface area contributed by atoms with Crippen LogP contribution in [0.5, 0.6) is 0 Å². The molecule has 0 aliphatic heterocycles. The summed E-state index contributed by atoms with van der Waals surface area (Å²) in [6.07, 6.45) is 1.17. The molecule has 13 heavy (non-hydrogen) atoms. The molecule has 0 fully saturated rings. The molecule has 0 saturated carbocycles. The molecule has 0 aliphatic carbocycles. The molecule has 0 unspecified atom stereocenters. The van der Waals surface area contributed by atoms with E-state index in [1.54, 1.807) is 19.1 Å². The fourth-order valence-electron chi connectivity index (χ4n) is 0.757. The SMILES string of the molecule is CCOC(=O)/C(F)=C/c1cccs1. The Morgan fingerprint density at radius 3 is 3.08 bits per heavy atom. The molecule has 0 aliphatic rings. The van der Waals surface area contributed by atoms with E-state index in [1.807, 2.05) is 5.38 Å². The van der Waals surface area contributed by atoms with Crippen LogP contribution in [0.3, 0.4) is 0 Å². The predicted molar refractivity (Wildman–Crippen MR) is 50.0 cm³/mol. The van der Waals surface area contributed by atoms with Gasteiger partial charge >= 0.3 is 5.97 Å². The molecule has 4 heteroatoms. The van der Waals surface area contributed by atoms with Gasteiger partial charge in [-0.25, -0.2) is 4.79 Å². The van der Waals surface area contributed by atoms with Crippen molar-refractivity contribution in [1.29, 1.82) is 0 Å². The van der Waals surface area contributed by atoms with E-state index in [0.29, 0.717) is 4.88 Å². The summed E-state index contributed by atoms with van der Waals surface area (Å²) in [6.45, 7) is 1.82. The molecule has 1 heterocycles. The third-order valence-corrected chi connectivity index (χ3v) is 2.10. The van der Waals surface area contributed by atoms with Crippen LogP contribution < -0.4 is 0 Å². The fourth-order valence-corrected chi connectivity index (χ4v) is 1.40. The zero-order valence-corrected chi connectivity index (χ0v) is 7.94. The van der Waals surface area contributed by atoms with Gasteiger partial charge in [0.15, 0.2) is 0 Å². The Bertz CT molecular complexity index is 303. The number of esters is 1. The van der Waals surface area contributed by atoms with E-state index in [0.717, 1.165) is 0 Å². The summed E-state index contributed by atoms with van der Waals surface area (Å²) in [6, 6.07) is 3.51. The molecule has 0 saturated heterocycles. The summed E-state index contributed by atoms with van der Waals surface area (Å²) in [5.74, 6) is -1.76. The Morgan fingerprint density at radius 1 is 1.77 bits per heavy atom. The molecule has 1 aromatic heterocycles. The molecular formula is C9H9FO2S. The third kappa shape index (κ3) is 2.99. The largest absolute Gasteiger partial charge is 0.461 e. The van der Waals surface area contributed by atoms with Crippen molar-refractivity contribution < 1.29 is 13.9 Å². The Morgan fingerprint density at radius 2 is 2.54 bits per heavy atom. The zero-order chi connectivity index (χ0) is 9.68. The molecule has 1 rings (SSSR count). The summed E-state index contributed by atoms with van der Waals surface area (Å²) < 4.78 is 17.4. The first-order chi connectivity index (χ1) is 6.24. The zero-order valence-electron chi connectivity index (χ0n) is 7.12. The van der Waals surface area contributed by atoms with Crippen molar-refractivity contribution in [3.05, 3.63) is 28.2 Å². The second-order valence-corrected chi connectivity index (χ2v) is 3.21. The minimum atomic E-state index is -0.907. The summed E-state index contributed by atoms with van der Waals surface area (Å²) in [5, 5.41) is 1.81. The van der Waals surface area contributed by atoms with Crippen molar-refractivity contribution >= 4 is 23.4 Å². The number of rotatable bonds is 3. The van der Waals surface area contributed by atoms with Crippen LogP contribution in [0, 0.1) is 0 Å². The van der Waals surface area contributed by atoms with Crippen molar-refractivity contribution in [2.24, 2.45) is 0 Å². The van der Waals surface area contributed by atoms with Gasteiger partial charge in [-0.15, -0.1) is 11.3 Å². The average molecular weight is 200 g/mol. The highest BCUT2D eigenvalue weighted by atomic mass is 32.1. The minimum absolute atomic E-state index is 0.185. The Hall–Kier alpha value is -1.16. The molecule has 1 aromatic rings. The molecule has 0 radical (unpaired) electrons. The topological polar surface area (TPSA) is 26.3 Å². The highest BCUT2D eigenvalue weighted by Gasteiger charge is 2.08. The first-order valence-electron chi connectivity index (χ1n) is 3.82. The lowest BCUT2D eigenvalue weighted by Crippen LogP contribution is -2.03. The van der Waals surface area contributed by atoms with Crippen molar-refractivity contribution in [3.8, 4) is 0 Å². The van der Waals surface area contributed by atoms with Crippen LogP contribution in [0.1, 0.15) is 11.8 Å². The number of hydrogen-bond acceptors (Lipinski definition) is 3. The van der Waals surface area contributed by atoms with Gasteiger partial charge in [0.1, 0.15) is 0 Å². The third-order valence-electron chi connectivity index (χ3n) is 1.28. The molecule has 70 valence electrons. The van der Waals surface area contributed by atoms with E-state index in [4.69, 9.17) is 0 Å². The maximum Gasteiger partial charge on any atom is 0.367 e. The molecule has 0 spiro atoms. The van der Waals surface area contributed by atoms with E-state index >= 15 is 0 Å². The van der Waals surface area contributed by atoms with Crippen molar-refractivity contribution in [3.63, 3.8) is 0 Å². The van der Waals surface area contributed by atoms with Crippen molar-refractivity contribution in [1.82, 2.24) is 0 Å². The molecular weight excluding hydrogens is 191 g/mol. The van der Waals surface area contributed by atoms with Crippen LogP contribution in [0.4, 0.5) is 4.39 Å². The lowest BCUT2D eigenvalue weighted by atomic mass is 10.4. The smallest absolute Gasteiger partial charge is 0.367 e. The number of carbonyl (C=O) groups excluding carboxylic acids is 1. The Kier molecular flexibility index (Phi) is 3.64. The summed E-state index contributed by atoms with van der Waals surface area (Å²) in [7, 11) is 0. The van der Waals surface area contributed by atoms with E-state index in [1.165, 1.54) is 17.4 Å². The normalized spacial score (nSPS) is 11.4. The van der Waals surface area contributed by atoms with E-state index in [2.05, 4.69) is 4.74 Å². The van der Waals surface area contributed by atoms with Crippen LogP contribution in [0.15, 0.2) is 23.3 Å². The summed E-state index contributed by atoms with van der Waals surface area (Å²) >= 11 is 1.36. The standard InChI is InChI=1S/C9H9FO2S/c1-2-12-9(11)8(10)6-7-4-3-5-13-7/h3-6H,2H2,1H3/b8-6-. The maximum atomic E-state index is 12.9. The lowest BCUT2D eigenvalue weighted by Gasteiger charge is -1.96. The Balaban J connectivity index is 2.66. The molecule has 0 aromatic carbocycles. The fraction of sp³-hybridized carbons (Fsp3) is 0.222. The lowest BCUT2D eigenvalue weighted by molar-refractivity contribution is -0.140. The first kappa shape index (κ1) is 9.92. The van der Waals surface area contributed by atoms with Gasteiger partial charge in [-0.2, -0.15) is 4.39 Å². The van der Waals surface area contributed by atoms with Gasteiger partial charge in [0.05, 0.1) is 6.61 Å². The first-order valence-corrected chi connectivity index (χ1v) is 4.70. The Labute approximate surface area is 79.6 Å². The minimum Gasteiger partial charge on any atom is -0.461 e. The number of carbonyl (C=O) groups is 1. The summed E-state index contributed by atoms with van der Waals surface area (Å²) in [4.78, 5) is 11.5. The second kappa shape index (κ2) is 4.77. The molecule has 2 nitrogen and oxygen atoms in total. The molecule has 0 bridgehead atoms. The monoisotopic (exact) mass is 200 g/mol. The average Bonchev–Trinajstić information content (AvgIpc) is 2.57. The molecule has 0 N–H and O–H groups in total. The quantitative estimate of drug-likeness (QED) is 0.553. The van der Waals surface area contributed by atoms with Crippen LogP contribution in [0.25, 0.3) is 6.08 Å². The van der Waals surface area contributed by atoms with Gasteiger partial charge in [0.2, 0.25) is 5.83 Å². The van der Waals surface area contributed by atoms with Gasteiger partial charge < -0.3 is 4.74 Å². The van der Waals surface area contributed by atoms with Crippen LogP contribution in [-0.4, -0.2) is 12.6 Å². The van der Waals surface area contributed by atoms with E-state index in [-0.39, 0.29) is 6.61 Å². The summed E-state index contributed by atoms with van der Waals surface area (Å²) in [5.41, 5.74) is 0. The number of ether oxygens (including phenoxy) is 1. The highest BCUT2D eigenvalue weighted by Crippen LogP contribution is 2.14. The van der Waals surface area contributed by atoms with Crippen LogP contribution >= 0.6 is 11.3 Å². The van der Waals surface area contributed by atoms with E-state index in [9.17, 15) is 9.18 Å². The molecule has 0 amide bonds. The van der Waals surface area contributed by atoms with Crippen LogP contribution in [0.2, 0.25) is 0 Å². The molecule has 0 atom stereocenters. The highest BCUT2D eigenvalue weighted by molar-refractivity contribution is 7.10. The second-order valence-electron chi connectivity index (χ2n) is 2.23. The van der Waals surface area contributed by atoms with Crippen molar-refractivity contribution in [2.45, 2.75) is 6.92 Å². The van der Waals surface area contributed by atoms with Crippen LogP contribution in [-0.2, 0) is 9.53 Å². The number of halogens is 1. The van der Waals surface area contributed by atoms with Gasteiger partial charge in [0.25, 0.3) is 0 Å². The predicted octanol–water partition coefficient (Wildman–Crippen LogP) is 2.62. The van der Waals surface area contributed by atoms with E-state index < -0.39 is 11.8 Å². The number of hydrogen-bond donors (Lipinski definition) is 0. The van der Waals surface area contributed by atoms with Crippen molar-refractivity contribution in [2.75, 3.05) is 6.61 Å². The number of thiophene rings is 1.